The van der Waals surface area contributed by atoms with Crippen LogP contribution in [0.3, 0.4) is 0 Å². The molecule has 0 aliphatic carbocycles. The summed E-state index contributed by atoms with van der Waals surface area (Å²) in [6.07, 6.45) is -0.863. The summed E-state index contributed by atoms with van der Waals surface area (Å²) >= 11 is 0. The normalized spacial score (nSPS) is 16.4. The van der Waals surface area contributed by atoms with Crippen LogP contribution in [0.1, 0.15) is 27.7 Å². The van der Waals surface area contributed by atoms with E-state index >= 15 is 0 Å². The van der Waals surface area contributed by atoms with E-state index in [0.29, 0.717) is 26.4 Å². The van der Waals surface area contributed by atoms with Gasteiger partial charge in [-0.2, -0.15) is 0 Å². The van der Waals surface area contributed by atoms with E-state index in [-0.39, 0.29) is 5.41 Å². The van der Waals surface area contributed by atoms with E-state index in [1.807, 2.05) is 13.8 Å². The van der Waals surface area contributed by atoms with Gasteiger partial charge in [0.15, 0.2) is 0 Å². The molecule has 0 amide bonds. The van der Waals surface area contributed by atoms with Crippen molar-refractivity contribution in [2.75, 3.05) is 26.4 Å². The molecule has 92 valence electrons. The predicted molar refractivity (Wildman–Crippen MR) is 58.8 cm³/mol. The van der Waals surface area contributed by atoms with Gasteiger partial charge in [0, 0.05) is 5.41 Å². The van der Waals surface area contributed by atoms with Gasteiger partial charge in [-0.3, -0.25) is 0 Å². The van der Waals surface area contributed by atoms with Crippen LogP contribution in [-0.4, -0.2) is 48.8 Å². The molecular weight excluding hydrogens is 196 g/mol. The van der Waals surface area contributed by atoms with Crippen LogP contribution in [-0.2, 0) is 9.47 Å². The molecule has 0 aromatic carbocycles. The number of aliphatic hydroxyl groups excluding tert-OH is 2. The number of rotatable bonds is 8. The fourth-order valence-corrected chi connectivity index (χ4v) is 1.05. The fraction of sp³-hybridized carbons (Fsp3) is 1.00. The van der Waals surface area contributed by atoms with Gasteiger partial charge in [-0.1, -0.05) is 13.8 Å². The fourth-order valence-electron chi connectivity index (χ4n) is 1.05. The van der Waals surface area contributed by atoms with Crippen LogP contribution in [0.2, 0.25) is 0 Å². The van der Waals surface area contributed by atoms with Crippen molar-refractivity contribution in [3.8, 4) is 0 Å². The molecule has 0 bridgehead atoms. The van der Waals surface area contributed by atoms with E-state index in [9.17, 15) is 0 Å². The van der Waals surface area contributed by atoms with Crippen LogP contribution < -0.4 is 0 Å². The van der Waals surface area contributed by atoms with Gasteiger partial charge in [0.25, 0.3) is 0 Å². The lowest BCUT2D eigenvalue weighted by Gasteiger charge is -2.24. The van der Waals surface area contributed by atoms with Crippen molar-refractivity contribution in [3.63, 3.8) is 0 Å². The SMILES string of the molecule is CC(O)COCC(C)(C)COCC(C)O. The molecule has 2 atom stereocenters. The highest BCUT2D eigenvalue weighted by molar-refractivity contribution is 4.67. The summed E-state index contributed by atoms with van der Waals surface area (Å²) in [4.78, 5) is 0. The highest BCUT2D eigenvalue weighted by Gasteiger charge is 2.19. The van der Waals surface area contributed by atoms with Gasteiger partial charge in [-0.25, -0.2) is 0 Å². The Labute approximate surface area is 92.2 Å². The molecule has 2 unspecified atom stereocenters. The third-order valence-electron chi connectivity index (χ3n) is 1.70. The highest BCUT2D eigenvalue weighted by Crippen LogP contribution is 2.16. The van der Waals surface area contributed by atoms with Crippen LogP contribution in [0.25, 0.3) is 0 Å². The number of aliphatic hydroxyl groups is 2. The minimum atomic E-state index is -0.431. The third kappa shape index (κ3) is 10.1. The Morgan fingerprint density at radius 3 is 1.53 bits per heavy atom. The first-order chi connectivity index (χ1) is 6.83. The second kappa shape index (κ2) is 7.17. The van der Waals surface area contributed by atoms with Gasteiger partial charge < -0.3 is 19.7 Å². The first-order valence-corrected chi connectivity index (χ1v) is 5.35. The molecule has 0 saturated carbocycles. The van der Waals surface area contributed by atoms with Crippen molar-refractivity contribution < 1.29 is 19.7 Å². The Morgan fingerprint density at radius 2 is 1.27 bits per heavy atom. The molecule has 15 heavy (non-hydrogen) atoms. The zero-order valence-corrected chi connectivity index (χ0v) is 10.2. The van der Waals surface area contributed by atoms with Crippen LogP contribution in [0.4, 0.5) is 0 Å². The molecule has 0 aromatic rings. The molecule has 0 fully saturated rings. The lowest BCUT2D eigenvalue weighted by atomic mass is 9.96. The molecule has 0 spiro atoms. The minimum absolute atomic E-state index is 0.0935. The van der Waals surface area contributed by atoms with E-state index in [1.165, 1.54) is 0 Å². The molecule has 0 radical (unpaired) electrons. The lowest BCUT2D eigenvalue weighted by molar-refractivity contribution is -0.0407. The van der Waals surface area contributed by atoms with Crippen molar-refractivity contribution in [3.05, 3.63) is 0 Å². The molecule has 4 nitrogen and oxygen atoms in total. The van der Waals surface area contributed by atoms with E-state index in [0.717, 1.165) is 0 Å². The molecule has 0 saturated heterocycles. The largest absolute Gasteiger partial charge is 0.391 e. The van der Waals surface area contributed by atoms with Crippen LogP contribution in [0.15, 0.2) is 0 Å². The van der Waals surface area contributed by atoms with Crippen LogP contribution in [0.5, 0.6) is 0 Å². The third-order valence-corrected chi connectivity index (χ3v) is 1.70. The standard InChI is InChI=1S/C11H24O4/c1-9(12)5-14-7-11(3,4)8-15-6-10(2)13/h9-10,12-13H,5-8H2,1-4H3. The number of ether oxygens (including phenoxy) is 2. The van der Waals surface area contributed by atoms with Gasteiger partial charge in [0.2, 0.25) is 0 Å². The molecule has 0 aliphatic heterocycles. The Hall–Kier alpha value is -0.160. The van der Waals surface area contributed by atoms with Crippen LogP contribution >= 0.6 is 0 Å². The quantitative estimate of drug-likeness (QED) is 0.635. The maximum Gasteiger partial charge on any atom is 0.0745 e. The van der Waals surface area contributed by atoms with Crippen molar-refractivity contribution in [1.29, 1.82) is 0 Å². The molecule has 4 heteroatoms. The zero-order valence-electron chi connectivity index (χ0n) is 10.2. The van der Waals surface area contributed by atoms with Crippen molar-refractivity contribution in [2.24, 2.45) is 5.41 Å². The average molecular weight is 220 g/mol. The Bertz CT molecular complexity index is 139. The average Bonchev–Trinajstić information content (AvgIpc) is 2.01. The molecule has 0 heterocycles. The van der Waals surface area contributed by atoms with E-state index in [4.69, 9.17) is 19.7 Å². The smallest absolute Gasteiger partial charge is 0.0745 e. The monoisotopic (exact) mass is 220 g/mol. The first-order valence-electron chi connectivity index (χ1n) is 5.35. The Morgan fingerprint density at radius 1 is 0.933 bits per heavy atom. The van der Waals surface area contributed by atoms with Gasteiger partial charge in [-0.15, -0.1) is 0 Å². The van der Waals surface area contributed by atoms with Gasteiger partial charge in [0.05, 0.1) is 38.6 Å². The summed E-state index contributed by atoms with van der Waals surface area (Å²) in [5, 5.41) is 18.0. The van der Waals surface area contributed by atoms with E-state index < -0.39 is 12.2 Å². The predicted octanol–water partition coefficient (Wildman–Crippen LogP) is 0.807. The zero-order chi connectivity index (χ0) is 11.9. The van der Waals surface area contributed by atoms with E-state index in [1.54, 1.807) is 13.8 Å². The topological polar surface area (TPSA) is 58.9 Å². The maximum atomic E-state index is 9.01. The maximum absolute atomic E-state index is 9.01. The molecule has 0 rings (SSSR count). The van der Waals surface area contributed by atoms with Crippen molar-refractivity contribution in [1.82, 2.24) is 0 Å². The van der Waals surface area contributed by atoms with Crippen LogP contribution in [0, 0.1) is 5.41 Å². The molecule has 0 aliphatic rings. The Balaban J connectivity index is 3.57. The number of hydrogen-bond donors (Lipinski definition) is 2. The lowest BCUT2D eigenvalue weighted by Crippen LogP contribution is -2.28. The molecule has 0 aromatic heterocycles. The minimum Gasteiger partial charge on any atom is -0.391 e. The number of hydrogen-bond acceptors (Lipinski definition) is 4. The van der Waals surface area contributed by atoms with E-state index in [2.05, 4.69) is 0 Å². The van der Waals surface area contributed by atoms with Gasteiger partial charge in [0.1, 0.15) is 0 Å². The summed E-state index contributed by atoms with van der Waals surface area (Å²) in [5.74, 6) is 0. The highest BCUT2D eigenvalue weighted by atomic mass is 16.5. The van der Waals surface area contributed by atoms with Gasteiger partial charge >= 0.3 is 0 Å². The molecular formula is C11H24O4. The summed E-state index contributed by atoms with van der Waals surface area (Å²) in [5.41, 5.74) is -0.0935. The summed E-state index contributed by atoms with van der Waals surface area (Å²) < 4.78 is 10.6. The molecule has 2 N–H and O–H groups in total. The second-order valence-electron chi connectivity index (χ2n) is 4.89. The first kappa shape index (κ1) is 14.8. The Kier molecular flexibility index (Phi) is 7.09. The van der Waals surface area contributed by atoms with Crippen molar-refractivity contribution >= 4 is 0 Å². The second-order valence-corrected chi connectivity index (χ2v) is 4.89. The van der Waals surface area contributed by atoms with Crippen molar-refractivity contribution in [2.45, 2.75) is 39.9 Å². The summed E-state index contributed by atoms with van der Waals surface area (Å²) in [6.45, 7) is 9.21. The summed E-state index contributed by atoms with van der Waals surface area (Å²) in [6, 6.07) is 0. The summed E-state index contributed by atoms with van der Waals surface area (Å²) in [7, 11) is 0. The van der Waals surface area contributed by atoms with Gasteiger partial charge in [-0.05, 0) is 13.8 Å².